The van der Waals surface area contributed by atoms with Gasteiger partial charge in [-0.25, -0.2) is 0 Å². The number of azide groups is 1. The van der Waals surface area contributed by atoms with Gasteiger partial charge in [0, 0.05) is 4.91 Å². The normalized spacial score (nSPS) is 13.5. The molecule has 0 aromatic heterocycles. The summed E-state index contributed by atoms with van der Waals surface area (Å²) in [5.74, 6) is 0. The summed E-state index contributed by atoms with van der Waals surface area (Å²) in [5, 5.41) is 3.57. The van der Waals surface area contributed by atoms with E-state index in [0.717, 1.165) is 16.7 Å². The summed E-state index contributed by atoms with van der Waals surface area (Å²) < 4.78 is 67.5. The van der Waals surface area contributed by atoms with Crippen molar-refractivity contribution in [2.45, 2.75) is 42.4 Å². The molecule has 0 bridgehead atoms. The van der Waals surface area contributed by atoms with Crippen LogP contribution in [0.15, 0.2) is 93.8 Å². The monoisotopic (exact) mass is 545 g/mol. The molecule has 3 rings (SSSR count). The van der Waals surface area contributed by atoms with Crippen LogP contribution in [-0.2, 0) is 39.9 Å². The quantitative estimate of drug-likeness (QED) is 0.131. The molecule has 2 atom stereocenters. The molecule has 10 nitrogen and oxygen atoms in total. The molecular weight excluding hydrogens is 518 g/mol. The van der Waals surface area contributed by atoms with Crippen LogP contribution in [0.1, 0.15) is 16.7 Å². The Bertz CT molecular complexity index is 1420. The molecule has 0 heterocycles. The maximum Gasteiger partial charge on any atom is 0.297 e. The summed E-state index contributed by atoms with van der Waals surface area (Å²) in [6.45, 7) is 2.75. The number of rotatable bonds is 13. The first-order valence-electron chi connectivity index (χ1n) is 11.2. The average Bonchev–Trinajstić information content (AvgIpc) is 2.87. The Morgan fingerprint density at radius 1 is 0.784 bits per heavy atom. The predicted molar refractivity (Wildman–Crippen MR) is 137 cm³/mol. The second-order valence-corrected chi connectivity index (χ2v) is 11.4. The van der Waals surface area contributed by atoms with Crippen LogP contribution >= 0.6 is 0 Å². The average molecular weight is 546 g/mol. The standard InChI is InChI=1S/C25H27N3O7S2/c1-19-8-12-22(13-9-19)36(29,30)34-17-24(27-28-26)25(18-33-16-21-6-4-3-5-7-21)35-37(31,32)23-14-10-20(2)11-15-23/h3-15,24-25H,16-18H2,1-2H3/t24-,25+/m0/s1. The van der Waals surface area contributed by atoms with Gasteiger partial charge >= 0.3 is 0 Å². The van der Waals surface area contributed by atoms with Crippen molar-refractivity contribution in [2.24, 2.45) is 5.11 Å². The van der Waals surface area contributed by atoms with Gasteiger partial charge in [-0.05, 0) is 49.2 Å². The van der Waals surface area contributed by atoms with Gasteiger partial charge in [-0.15, -0.1) is 0 Å². The van der Waals surface area contributed by atoms with Crippen molar-refractivity contribution in [3.63, 3.8) is 0 Å². The van der Waals surface area contributed by atoms with Crippen LogP contribution < -0.4 is 0 Å². The van der Waals surface area contributed by atoms with E-state index in [1.165, 1.54) is 24.3 Å². The summed E-state index contributed by atoms with van der Waals surface area (Å²) in [6, 6.07) is 19.7. The largest absolute Gasteiger partial charge is 0.374 e. The fraction of sp³-hybridized carbons (Fsp3) is 0.280. The highest BCUT2D eigenvalue weighted by molar-refractivity contribution is 7.87. The van der Waals surface area contributed by atoms with Crippen molar-refractivity contribution in [3.8, 4) is 0 Å². The summed E-state index contributed by atoms with van der Waals surface area (Å²) in [7, 11) is -8.53. The smallest absolute Gasteiger partial charge is 0.297 e. The molecule has 0 N–H and O–H groups in total. The fourth-order valence-electron chi connectivity index (χ4n) is 3.21. The number of nitrogens with zero attached hydrogens (tertiary/aromatic N) is 3. The third-order valence-electron chi connectivity index (χ3n) is 5.29. The highest BCUT2D eigenvalue weighted by atomic mass is 32.2. The zero-order chi connectivity index (χ0) is 26.9. The van der Waals surface area contributed by atoms with Crippen molar-refractivity contribution in [2.75, 3.05) is 13.2 Å². The number of ether oxygens (including phenoxy) is 1. The highest BCUT2D eigenvalue weighted by Gasteiger charge is 2.31. The molecule has 37 heavy (non-hydrogen) atoms. The Kier molecular flexibility index (Phi) is 9.81. The number of benzene rings is 3. The van der Waals surface area contributed by atoms with Crippen molar-refractivity contribution in [3.05, 3.63) is 106 Å². The molecule has 3 aromatic carbocycles. The minimum atomic E-state index is -4.31. The Morgan fingerprint density at radius 3 is 1.86 bits per heavy atom. The molecule has 0 amide bonds. The summed E-state index contributed by atoms with van der Waals surface area (Å²) in [5.41, 5.74) is 11.6. The maximum atomic E-state index is 13.0. The SMILES string of the molecule is Cc1ccc(S(=O)(=O)OC[C@H](N=[N+]=[N-])[C@@H](COCc2ccccc2)OS(=O)(=O)c2ccc(C)cc2)cc1. The van der Waals surface area contributed by atoms with E-state index in [9.17, 15) is 16.8 Å². The van der Waals surface area contributed by atoms with Crippen LogP contribution in [-0.4, -0.2) is 42.2 Å². The first-order valence-corrected chi connectivity index (χ1v) is 14.0. The molecule has 0 spiro atoms. The molecule has 12 heteroatoms. The van der Waals surface area contributed by atoms with Gasteiger partial charge in [-0.3, -0.25) is 8.37 Å². The van der Waals surface area contributed by atoms with E-state index in [1.807, 2.05) is 30.3 Å². The maximum absolute atomic E-state index is 13.0. The third kappa shape index (κ3) is 8.39. The van der Waals surface area contributed by atoms with E-state index in [4.69, 9.17) is 18.6 Å². The van der Waals surface area contributed by atoms with Gasteiger partial charge in [-0.2, -0.15) is 16.8 Å². The van der Waals surface area contributed by atoms with E-state index >= 15 is 0 Å². The zero-order valence-corrected chi connectivity index (χ0v) is 21.9. The molecule has 0 saturated carbocycles. The van der Waals surface area contributed by atoms with Crippen molar-refractivity contribution in [1.82, 2.24) is 0 Å². The molecule has 196 valence electrons. The molecule has 0 aliphatic heterocycles. The molecule has 0 radical (unpaired) electrons. The van der Waals surface area contributed by atoms with Crippen LogP contribution in [0.2, 0.25) is 0 Å². The first-order chi connectivity index (χ1) is 17.6. The van der Waals surface area contributed by atoms with Crippen molar-refractivity contribution in [1.29, 1.82) is 0 Å². The fourth-order valence-corrected chi connectivity index (χ4v) is 5.22. The second kappa shape index (κ2) is 12.8. The number of hydrogen-bond donors (Lipinski definition) is 0. The van der Waals surface area contributed by atoms with Gasteiger partial charge in [0.25, 0.3) is 20.2 Å². The lowest BCUT2D eigenvalue weighted by molar-refractivity contribution is 0.0251. The molecule has 3 aromatic rings. The molecular formula is C25H27N3O7S2. The Hall–Kier alpha value is -3.25. The van der Waals surface area contributed by atoms with Crippen molar-refractivity contribution >= 4 is 20.2 Å². The van der Waals surface area contributed by atoms with Gasteiger partial charge in [0.05, 0.1) is 35.7 Å². The lowest BCUT2D eigenvalue weighted by Gasteiger charge is -2.23. The van der Waals surface area contributed by atoms with Crippen LogP contribution in [0.3, 0.4) is 0 Å². The van der Waals surface area contributed by atoms with Gasteiger partial charge in [-0.1, -0.05) is 70.8 Å². The topological polar surface area (TPSA) is 145 Å². The van der Waals surface area contributed by atoms with Crippen LogP contribution in [0.4, 0.5) is 0 Å². The van der Waals surface area contributed by atoms with Gasteiger partial charge < -0.3 is 4.74 Å². The zero-order valence-electron chi connectivity index (χ0n) is 20.3. The predicted octanol–water partition coefficient (Wildman–Crippen LogP) is 4.68. The van der Waals surface area contributed by atoms with Crippen LogP contribution in [0.5, 0.6) is 0 Å². The van der Waals surface area contributed by atoms with E-state index in [-0.39, 0.29) is 23.0 Å². The van der Waals surface area contributed by atoms with E-state index in [0.29, 0.717) is 0 Å². The van der Waals surface area contributed by atoms with Gasteiger partial charge in [0.1, 0.15) is 6.10 Å². The minimum absolute atomic E-state index is 0.0946. The van der Waals surface area contributed by atoms with Gasteiger partial charge in [0.15, 0.2) is 0 Å². The van der Waals surface area contributed by atoms with Crippen molar-refractivity contribution < 1.29 is 29.9 Å². The lowest BCUT2D eigenvalue weighted by Crippen LogP contribution is -2.37. The lowest BCUT2D eigenvalue weighted by atomic mass is 10.2. The van der Waals surface area contributed by atoms with Crippen LogP contribution in [0.25, 0.3) is 10.4 Å². The Balaban J connectivity index is 1.82. The molecule has 0 unspecified atom stereocenters. The Labute approximate surface area is 216 Å². The summed E-state index contributed by atoms with van der Waals surface area (Å²) >= 11 is 0. The molecule has 0 aliphatic carbocycles. The second-order valence-electron chi connectivity index (χ2n) is 8.23. The van der Waals surface area contributed by atoms with Crippen LogP contribution in [0, 0.1) is 13.8 Å². The summed E-state index contributed by atoms with van der Waals surface area (Å²) in [4.78, 5) is 2.54. The summed E-state index contributed by atoms with van der Waals surface area (Å²) in [6.07, 6.45) is -1.38. The number of hydrogen-bond acceptors (Lipinski definition) is 8. The van der Waals surface area contributed by atoms with E-state index in [1.54, 1.807) is 38.1 Å². The highest BCUT2D eigenvalue weighted by Crippen LogP contribution is 2.21. The van der Waals surface area contributed by atoms with E-state index < -0.39 is 39.0 Å². The molecule has 0 fully saturated rings. The molecule has 0 aliphatic rings. The third-order valence-corrected chi connectivity index (χ3v) is 7.93. The molecule has 0 saturated heterocycles. The minimum Gasteiger partial charge on any atom is -0.374 e. The number of aryl methyl sites for hydroxylation is 2. The Morgan fingerprint density at radius 2 is 1.32 bits per heavy atom. The van der Waals surface area contributed by atoms with Gasteiger partial charge in [0.2, 0.25) is 0 Å². The first kappa shape index (κ1) is 28.3. The van der Waals surface area contributed by atoms with E-state index in [2.05, 4.69) is 10.0 Å².